The van der Waals surface area contributed by atoms with Crippen LogP contribution in [0, 0.1) is 19.8 Å². The monoisotopic (exact) mass is 311 g/mol. The fourth-order valence-corrected chi connectivity index (χ4v) is 2.89. The van der Waals surface area contributed by atoms with Crippen LogP contribution in [-0.2, 0) is 6.54 Å². The van der Waals surface area contributed by atoms with Crippen LogP contribution in [0.3, 0.4) is 0 Å². The minimum Gasteiger partial charge on any atom is -0.370 e. The van der Waals surface area contributed by atoms with Crippen LogP contribution in [0.4, 0.5) is 0 Å². The minimum atomic E-state index is 0.531. The van der Waals surface area contributed by atoms with E-state index in [1.807, 2.05) is 29.8 Å². The second-order valence-corrected chi connectivity index (χ2v) is 6.28. The number of para-hydroxylation sites is 1. The molecule has 1 aliphatic rings. The van der Waals surface area contributed by atoms with E-state index in [1.54, 1.807) is 0 Å². The van der Waals surface area contributed by atoms with Crippen LogP contribution in [0.1, 0.15) is 36.2 Å². The summed E-state index contributed by atoms with van der Waals surface area (Å²) in [5.74, 6) is 1.30. The van der Waals surface area contributed by atoms with E-state index in [-0.39, 0.29) is 0 Å². The molecule has 0 radical (unpaired) electrons. The molecule has 0 unspecified atom stereocenters. The van der Waals surface area contributed by atoms with E-state index in [1.165, 1.54) is 19.3 Å². The van der Waals surface area contributed by atoms with Gasteiger partial charge in [-0.2, -0.15) is 5.10 Å². The summed E-state index contributed by atoms with van der Waals surface area (Å²) < 4.78 is 1.97. The largest absolute Gasteiger partial charge is 0.370 e. The molecule has 2 aromatic rings. The van der Waals surface area contributed by atoms with Gasteiger partial charge in [-0.15, -0.1) is 0 Å². The van der Waals surface area contributed by atoms with Crippen LogP contribution in [0.15, 0.2) is 35.3 Å². The molecule has 1 saturated carbocycles. The zero-order valence-electron chi connectivity index (χ0n) is 13.9. The van der Waals surface area contributed by atoms with Crippen molar-refractivity contribution < 1.29 is 0 Å². The fourth-order valence-electron chi connectivity index (χ4n) is 2.89. The maximum Gasteiger partial charge on any atom is 0.188 e. The lowest BCUT2D eigenvalue weighted by atomic mass is 9.85. The molecule has 5 heteroatoms. The zero-order chi connectivity index (χ0) is 16.2. The summed E-state index contributed by atoms with van der Waals surface area (Å²) >= 11 is 0. The third-order valence-electron chi connectivity index (χ3n) is 4.65. The second-order valence-electron chi connectivity index (χ2n) is 6.28. The van der Waals surface area contributed by atoms with Crippen molar-refractivity contribution in [3.05, 3.63) is 47.3 Å². The quantitative estimate of drug-likeness (QED) is 0.659. The van der Waals surface area contributed by atoms with Crippen molar-refractivity contribution in [2.75, 3.05) is 6.54 Å². The number of nitrogens with zero attached hydrogens (tertiary/aromatic N) is 3. The molecule has 1 fully saturated rings. The van der Waals surface area contributed by atoms with Gasteiger partial charge in [0.1, 0.15) is 0 Å². The summed E-state index contributed by atoms with van der Waals surface area (Å²) in [6.45, 7) is 5.61. The third-order valence-corrected chi connectivity index (χ3v) is 4.65. The molecule has 3 N–H and O–H groups in total. The first kappa shape index (κ1) is 15.6. The Morgan fingerprint density at radius 2 is 2.04 bits per heavy atom. The predicted octanol–water partition coefficient (Wildman–Crippen LogP) is 2.69. The molecule has 0 saturated heterocycles. The Bertz CT molecular complexity index is 683. The van der Waals surface area contributed by atoms with Crippen LogP contribution >= 0.6 is 0 Å². The Labute approximate surface area is 137 Å². The summed E-state index contributed by atoms with van der Waals surface area (Å²) in [6, 6.07) is 10.2. The highest BCUT2D eigenvalue weighted by molar-refractivity contribution is 5.77. The van der Waals surface area contributed by atoms with Gasteiger partial charge < -0.3 is 11.1 Å². The highest BCUT2D eigenvalue weighted by Gasteiger charge is 2.17. The van der Waals surface area contributed by atoms with E-state index in [9.17, 15) is 0 Å². The van der Waals surface area contributed by atoms with E-state index in [2.05, 4.69) is 34.5 Å². The number of aryl methyl sites for hydroxylation is 1. The van der Waals surface area contributed by atoms with Gasteiger partial charge in [-0.25, -0.2) is 9.67 Å². The smallest absolute Gasteiger partial charge is 0.188 e. The molecule has 1 aromatic heterocycles. The molecule has 23 heavy (non-hydrogen) atoms. The number of hydrogen-bond acceptors (Lipinski definition) is 2. The van der Waals surface area contributed by atoms with Crippen LogP contribution in [0.5, 0.6) is 0 Å². The fraction of sp³-hybridized carbons (Fsp3) is 0.444. The first-order valence-corrected chi connectivity index (χ1v) is 8.29. The van der Waals surface area contributed by atoms with Crippen LogP contribution < -0.4 is 11.1 Å². The van der Waals surface area contributed by atoms with E-state index in [0.29, 0.717) is 12.5 Å². The minimum absolute atomic E-state index is 0.531. The Balaban J connectivity index is 1.69. The number of hydrogen-bond donors (Lipinski definition) is 2. The Kier molecular flexibility index (Phi) is 4.65. The summed E-state index contributed by atoms with van der Waals surface area (Å²) in [5, 5.41) is 7.87. The van der Waals surface area contributed by atoms with Crippen molar-refractivity contribution in [3.63, 3.8) is 0 Å². The number of rotatable bonds is 5. The number of aromatic nitrogens is 2. The molecule has 1 aliphatic carbocycles. The topological polar surface area (TPSA) is 68.2 Å². The maximum absolute atomic E-state index is 5.98. The van der Waals surface area contributed by atoms with Gasteiger partial charge >= 0.3 is 0 Å². The van der Waals surface area contributed by atoms with Crippen molar-refractivity contribution in [1.82, 2.24) is 15.1 Å². The lowest BCUT2D eigenvalue weighted by molar-refractivity contribution is 0.315. The van der Waals surface area contributed by atoms with E-state index in [0.717, 1.165) is 35.1 Å². The van der Waals surface area contributed by atoms with Crippen LogP contribution in [0.25, 0.3) is 5.69 Å². The molecule has 3 rings (SSSR count). The zero-order valence-corrected chi connectivity index (χ0v) is 13.9. The molecule has 1 heterocycles. The third kappa shape index (κ3) is 3.55. The van der Waals surface area contributed by atoms with Crippen molar-refractivity contribution in [1.29, 1.82) is 0 Å². The SMILES string of the molecule is Cc1nn(-c2ccccc2)c(C)c1CN=C(N)NCC1CCC1. The van der Waals surface area contributed by atoms with Gasteiger partial charge in [0.05, 0.1) is 17.9 Å². The van der Waals surface area contributed by atoms with E-state index < -0.39 is 0 Å². The molecule has 0 atom stereocenters. The van der Waals surface area contributed by atoms with Gasteiger partial charge in [-0.3, -0.25) is 0 Å². The number of nitrogens with two attached hydrogens (primary N) is 1. The Morgan fingerprint density at radius 1 is 1.30 bits per heavy atom. The van der Waals surface area contributed by atoms with Gasteiger partial charge in [-0.1, -0.05) is 24.6 Å². The molecule has 122 valence electrons. The lowest BCUT2D eigenvalue weighted by Crippen LogP contribution is -2.37. The van der Waals surface area contributed by atoms with Crippen molar-refractivity contribution in [3.8, 4) is 5.69 Å². The highest BCUT2D eigenvalue weighted by Crippen LogP contribution is 2.25. The highest BCUT2D eigenvalue weighted by atomic mass is 15.3. The van der Waals surface area contributed by atoms with Crippen LogP contribution in [0.2, 0.25) is 0 Å². The average molecular weight is 311 g/mol. The second kappa shape index (κ2) is 6.86. The molecule has 1 aromatic carbocycles. The number of aliphatic imine (C=N–C) groups is 1. The van der Waals surface area contributed by atoms with Crippen LogP contribution in [-0.4, -0.2) is 22.3 Å². The van der Waals surface area contributed by atoms with Crippen molar-refractivity contribution in [2.45, 2.75) is 39.7 Å². The summed E-state index contributed by atoms with van der Waals surface area (Å²) in [6.07, 6.45) is 3.96. The molecule has 0 spiro atoms. The molecule has 0 amide bonds. The first-order valence-electron chi connectivity index (χ1n) is 8.29. The van der Waals surface area contributed by atoms with E-state index >= 15 is 0 Å². The Morgan fingerprint density at radius 3 is 2.70 bits per heavy atom. The number of nitrogens with one attached hydrogen (secondary N) is 1. The van der Waals surface area contributed by atoms with Gasteiger partial charge in [-0.05, 0) is 44.7 Å². The molecule has 5 nitrogen and oxygen atoms in total. The maximum atomic E-state index is 5.98. The average Bonchev–Trinajstić information content (AvgIpc) is 2.79. The standard InChI is InChI=1S/C18H25N5/c1-13-17(12-21-18(19)20-11-15-7-6-8-15)14(2)23(22-13)16-9-4-3-5-10-16/h3-5,9-10,15H,6-8,11-12H2,1-2H3,(H3,19,20,21). The van der Waals surface area contributed by atoms with Gasteiger partial charge in [0.25, 0.3) is 0 Å². The molecule has 0 aliphatic heterocycles. The van der Waals surface area contributed by atoms with Gasteiger partial charge in [0.15, 0.2) is 5.96 Å². The first-order chi connectivity index (χ1) is 11.1. The predicted molar refractivity (Wildman–Crippen MR) is 93.7 cm³/mol. The number of benzene rings is 1. The normalized spacial score (nSPS) is 15.5. The summed E-state index contributed by atoms with van der Waals surface area (Å²) in [4.78, 5) is 4.48. The van der Waals surface area contributed by atoms with Crippen molar-refractivity contribution in [2.24, 2.45) is 16.6 Å². The van der Waals surface area contributed by atoms with Gasteiger partial charge in [0, 0.05) is 17.8 Å². The molecule has 0 bridgehead atoms. The summed E-state index contributed by atoms with van der Waals surface area (Å²) in [7, 11) is 0. The Hall–Kier alpha value is -2.30. The lowest BCUT2D eigenvalue weighted by Gasteiger charge is -2.25. The molecular formula is C18H25N5. The molecular weight excluding hydrogens is 286 g/mol. The summed E-state index contributed by atoms with van der Waals surface area (Å²) in [5.41, 5.74) is 10.3. The van der Waals surface area contributed by atoms with Gasteiger partial charge in [0.2, 0.25) is 0 Å². The van der Waals surface area contributed by atoms with E-state index in [4.69, 9.17) is 5.73 Å². The van der Waals surface area contributed by atoms with Crippen molar-refractivity contribution >= 4 is 5.96 Å². The number of guanidine groups is 1.